The molecular formula is C17H20F3N3O2. The number of fused-ring (bicyclic) bond motifs is 1. The van der Waals surface area contributed by atoms with E-state index in [9.17, 15) is 22.8 Å². The summed E-state index contributed by atoms with van der Waals surface area (Å²) in [6.07, 6.45) is -3.65. The number of anilines is 1. The number of nitrogens with zero attached hydrogens (tertiary/aromatic N) is 2. The maximum absolute atomic E-state index is 12.9. The van der Waals surface area contributed by atoms with Crippen LogP contribution in [0.3, 0.4) is 0 Å². The van der Waals surface area contributed by atoms with Crippen molar-refractivity contribution in [3.8, 4) is 0 Å². The molecule has 3 rings (SSSR count). The Kier molecular flexibility index (Phi) is 4.38. The second-order valence-corrected chi connectivity index (χ2v) is 6.85. The first-order chi connectivity index (χ1) is 11.7. The van der Waals surface area contributed by atoms with Crippen LogP contribution in [0.1, 0.15) is 31.4 Å². The highest BCUT2D eigenvalue weighted by molar-refractivity contribution is 5.90. The van der Waals surface area contributed by atoms with Crippen LogP contribution < -0.4 is 5.43 Å². The maximum Gasteiger partial charge on any atom is 0.416 e. The second-order valence-electron chi connectivity index (χ2n) is 6.85. The third-order valence-electron chi connectivity index (χ3n) is 4.73. The summed E-state index contributed by atoms with van der Waals surface area (Å²) in [7, 11) is 0. The number of hydrazine groups is 1. The number of alkyl halides is 3. The predicted molar refractivity (Wildman–Crippen MR) is 85.8 cm³/mol. The SMILES string of the molecule is CC(C)[C@@H]1CC(=O)CN1C(=O)N1CCc2ccc(C(F)(F)F)cc2N1. The molecule has 0 radical (unpaired) electrons. The van der Waals surface area contributed by atoms with Gasteiger partial charge in [-0.15, -0.1) is 0 Å². The summed E-state index contributed by atoms with van der Waals surface area (Å²) < 4.78 is 38.7. The molecular weight excluding hydrogens is 335 g/mol. The lowest BCUT2D eigenvalue weighted by Gasteiger charge is -2.36. The van der Waals surface area contributed by atoms with E-state index >= 15 is 0 Å². The van der Waals surface area contributed by atoms with E-state index < -0.39 is 11.7 Å². The van der Waals surface area contributed by atoms with Crippen LogP contribution in [-0.2, 0) is 17.4 Å². The van der Waals surface area contributed by atoms with Crippen molar-refractivity contribution in [1.29, 1.82) is 0 Å². The van der Waals surface area contributed by atoms with Crippen molar-refractivity contribution < 1.29 is 22.8 Å². The van der Waals surface area contributed by atoms with Crippen LogP contribution in [-0.4, -0.2) is 40.9 Å². The number of ketones is 1. The van der Waals surface area contributed by atoms with Gasteiger partial charge in [-0.05, 0) is 30.0 Å². The van der Waals surface area contributed by atoms with Crippen molar-refractivity contribution >= 4 is 17.5 Å². The highest BCUT2D eigenvalue weighted by atomic mass is 19.4. The summed E-state index contributed by atoms with van der Waals surface area (Å²) in [5.74, 6) is 0.133. The van der Waals surface area contributed by atoms with Gasteiger partial charge in [0.25, 0.3) is 0 Å². The van der Waals surface area contributed by atoms with E-state index in [-0.39, 0.29) is 36.0 Å². The van der Waals surface area contributed by atoms with E-state index in [4.69, 9.17) is 0 Å². The van der Waals surface area contributed by atoms with Gasteiger partial charge in [-0.1, -0.05) is 19.9 Å². The first-order valence-electron chi connectivity index (χ1n) is 8.23. The molecule has 0 spiro atoms. The number of urea groups is 1. The Hall–Kier alpha value is -2.25. The van der Waals surface area contributed by atoms with Crippen LogP contribution in [0.25, 0.3) is 0 Å². The first-order valence-corrected chi connectivity index (χ1v) is 8.23. The molecule has 2 aliphatic heterocycles. The number of amides is 2. The number of hydrogen-bond donors (Lipinski definition) is 1. The molecule has 0 aromatic heterocycles. The fourth-order valence-electron chi connectivity index (χ4n) is 3.33. The molecule has 2 amide bonds. The molecule has 8 heteroatoms. The van der Waals surface area contributed by atoms with Gasteiger partial charge in [-0.25, -0.2) is 9.80 Å². The van der Waals surface area contributed by atoms with Gasteiger partial charge >= 0.3 is 12.2 Å². The fourth-order valence-corrected chi connectivity index (χ4v) is 3.33. The molecule has 1 fully saturated rings. The topological polar surface area (TPSA) is 52.7 Å². The summed E-state index contributed by atoms with van der Waals surface area (Å²) in [5, 5.41) is 1.30. The van der Waals surface area contributed by atoms with E-state index in [2.05, 4.69) is 5.43 Å². The number of likely N-dealkylation sites (tertiary alicyclic amines) is 1. The largest absolute Gasteiger partial charge is 0.416 e. The van der Waals surface area contributed by atoms with Gasteiger partial charge in [-0.3, -0.25) is 10.2 Å². The van der Waals surface area contributed by atoms with Crippen LogP contribution in [0.4, 0.5) is 23.7 Å². The molecule has 0 bridgehead atoms. The van der Waals surface area contributed by atoms with Gasteiger partial charge < -0.3 is 4.90 Å². The number of carbonyl (C=O) groups is 2. The molecule has 0 saturated carbocycles. The summed E-state index contributed by atoms with van der Waals surface area (Å²) in [6, 6.07) is 2.95. The molecule has 1 atom stereocenters. The Bertz CT molecular complexity index is 703. The van der Waals surface area contributed by atoms with Crippen molar-refractivity contribution in [1.82, 2.24) is 9.91 Å². The van der Waals surface area contributed by atoms with E-state index in [0.29, 0.717) is 19.4 Å². The highest BCUT2D eigenvalue weighted by Gasteiger charge is 2.39. The quantitative estimate of drug-likeness (QED) is 0.841. The van der Waals surface area contributed by atoms with Gasteiger partial charge in [0.05, 0.1) is 17.8 Å². The lowest BCUT2D eigenvalue weighted by Crippen LogP contribution is -2.51. The normalized spacial score (nSPS) is 20.7. The van der Waals surface area contributed by atoms with E-state index in [1.807, 2.05) is 13.8 Å². The minimum Gasteiger partial charge on any atom is -0.312 e. The Labute approximate surface area is 143 Å². The number of nitrogens with one attached hydrogen (secondary N) is 1. The van der Waals surface area contributed by atoms with Crippen LogP contribution in [0.5, 0.6) is 0 Å². The van der Waals surface area contributed by atoms with E-state index in [1.165, 1.54) is 16.0 Å². The molecule has 5 nitrogen and oxygen atoms in total. The van der Waals surface area contributed by atoms with Crippen molar-refractivity contribution in [2.24, 2.45) is 5.92 Å². The first kappa shape index (κ1) is 17.6. The molecule has 1 N–H and O–H groups in total. The lowest BCUT2D eigenvalue weighted by molar-refractivity contribution is -0.137. The molecule has 1 saturated heterocycles. The van der Waals surface area contributed by atoms with Gasteiger partial charge in [0.1, 0.15) is 0 Å². The molecule has 25 heavy (non-hydrogen) atoms. The molecule has 2 heterocycles. The zero-order valence-corrected chi connectivity index (χ0v) is 14.1. The monoisotopic (exact) mass is 355 g/mol. The number of carbonyl (C=O) groups excluding carboxylic acids is 2. The zero-order valence-electron chi connectivity index (χ0n) is 14.1. The number of Topliss-reactive ketones (excluding diaryl/α,β-unsaturated/α-hetero) is 1. The standard InChI is InChI=1S/C17H20F3N3O2/c1-10(2)15-8-13(24)9-22(15)16(25)23-6-5-11-3-4-12(17(18,19)20)7-14(11)21-23/h3-4,7,10,15,21H,5-6,8-9H2,1-2H3/t15-/m0/s1. The average molecular weight is 355 g/mol. The van der Waals surface area contributed by atoms with Gasteiger partial charge in [0.15, 0.2) is 5.78 Å². The molecule has 0 unspecified atom stereocenters. The molecule has 136 valence electrons. The Morgan fingerprint density at radius 2 is 2.04 bits per heavy atom. The molecule has 1 aromatic carbocycles. The van der Waals surface area contributed by atoms with Crippen molar-refractivity contribution in [3.63, 3.8) is 0 Å². The van der Waals surface area contributed by atoms with Gasteiger partial charge in [-0.2, -0.15) is 13.2 Å². The molecule has 1 aromatic rings. The number of hydrogen-bond acceptors (Lipinski definition) is 3. The summed E-state index contributed by atoms with van der Waals surface area (Å²) in [6.45, 7) is 4.28. The minimum absolute atomic E-state index is 0.00353. The number of rotatable bonds is 1. The maximum atomic E-state index is 12.9. The van der Waals surface area contributed by atoms with Crippen LogP contribution in [0, 0.1) is 5.92 Å². The van der Waals surface area contributed by atoms with Crippen LogP contribution in [0.15, 0.2) is 18.2 Å². The molecule has 2 aliphatic rings. The minimum atomic E-state index is -4.44. The zero-order chi connectivity index (χ0) is 18.4. The summed E-state index contributed by atoms with van der Waals surface area (Å²) in [5.41, 5.74) is 3.04. The van der Waals surface area contributed by atoms with E-state index in [0.717, 1.165) is 17.7 Å². The van der Waals surface area contributed by atoms with E-state index in [1.54, 1.807) is 0 Å². The number of benzene rings is 1. The van der Waals surface area contributed by atoms with Crippen molar-refractivity contribution in [2.75, 3.05) is 18.5 Å². The van der Waals surface area contributed by atoms with Crippen LogP contribution in [0.2, 0.25) is 0 Å². The highest BCUT2D eigenvalue weighted by Crippen LogP contribution is 2.34. The van der Waals surface area contributed by atoms with Gasteiger partial charge in [0.2, 0.25) is 0 Å². The second kappa shape index (κ2) is 6.24. The fraction of sp³-hybridized carbons (Fsp3) is 0.529. The van der Waals surface area contributed by atoms with Crippen molar-refractivity contribution in [2.45, 2.75) is 38.9 Å². The predicted octanol–water partition coefficient (Wildman–Crippen LogP) is 3.31. The third-order valence-corrected chi connectivity index (χ3v) is 4.73. The van der Waals surface area contributed by atoms with Crippen molar-refractivity contribution in [3.05, 3.63) is 29.3 Å². The average Bonchev–Trinajstić information content (AvgIpc) is 2.94. The summed E-state index contributed by atoms with van der Waals surface area (Å²) in [4.78, 5) is 26.0. The Balaban J connectivity index is 1.80. The Morgan fingerprint density at radius 3 is 2.68 bits per heavy atom. The smallest absolute Gasteiger partial charge is 0.312 e. The summed E-state index contributed by atoms with van der Waals surface area (Å²) >= 11 is 0. The number of halogens is 3. The third kappa shape index (κ3) is 3.43. The van der Waals surface area contributed by atoms with Crippen LogP contribution >= 0.6 is 0 Å². The Morgan fingerprint density at radius 1 is 1.32 bits per heavy atom. The van der Waals surface area contributed by atoms with Gasteiger partial charge in [0, 0.05) is 19.0 Å². The lowest BCUT2D eigenvalue weighted by atomic mass is 10.0. The molecule has 0 aliphatic carbocycles.